The summed E-state index contributed by atoms with van der Waals surface area (Å²) in [5.74, 6) is 0.330. The molecule has 0 aromatic heterocycles. The highest BCUT2D eigenvalue weighted by Crippen LogP contribution is 2.61. The van der Waals surface area contributed by atoms with Crippen molar-refractivity contribution in [1.82, 2.24) is 0 Å². The summed E-state index contributed by atoms with van der Waals surface area (Å²) in [6.45, 7) is 2.66. The van der Waals surface area contributed by atoms with Gasteiger partial charge in [-0.2, -0.15) is 10.6 Å². The molecule has 7 heteroatoms. The van der Waals surface area contributed by atoms with E-state index in [0.717, 1.165) is 19.3 Å². The van der Waals surface area contributed by atoms with Crippen LogP contribution in [-0.4, -0.2) is 29.9 Å². The molecule has 1 unspecified atom stereocenters. The number of unbranched alkanes of at least 4 members (excludes halogenated alkanes) is 2. The minimum absolute atomic E-state index is 0.188. The Kier molecular flexibility index (Phi) is 5.62. The average Bonchev–Trinajstić information content (AvgIpc) is 2.91. The first-order valence-electron chi connectivity index (χ1n) is 8.68. The molecule has 5 nitrogen and oxygen atoms in total. The molecule has 0 saturated heterocycles. The Morgan fingerprint density at radius 2 is 1.85 bits per heavy atom. The molecule has 0 spiro atoms. The van der Waals surface area contributed by atoms with Gasteiger partial charge in [0, 0.05) is 6.07 Å². The Morgan fingerprint density at radius 3 is 2.54 bits per heavy atom. The molecule has 2 aromatic carbocycles. The van der Waals surface area contributed by atoms with Gasteiger partial charge in [-0.1, -0.05) is 44.0 Å². The third-order valence-corrected chi connectivity index (χ3v) is 8.70. The molecule has 0 saturated carbocycles. The monoisotopic (exact) mass is 396 g/mol. The average molecular weight is 397 g/mol. The van der Waals surface area contributed by atoms with E-state index in [9.17, 15) is 17.5 Å². The van der Waals surface area contributed by atoms with Crippen LogP contribution in [0.3, 0.4) is 0 Å². The van der Waals surface area contributed by atoms with Gasteiger partial charge >= 0.3 is 0 Å². The summed E-state index contributed by atoms with van der Waals surface area (Å²) < 4.78 is 52.6. The van der Waals surface area contributed by atoms with Crippen LogP contribution in [0.5, 0.6) is 5.75 Å². The molecule has 1 atom stereocenters. The number of rotatable bonds is 7. The van der Waals surface area contributed by atoms with Crippen molar-refractivity contribution in [3.63, 3.8) is 0 Å². The van der Waals surface area contributed by atoms with E-state index in [-0.39, 0.29) is 15.5 Å². The van der Waals surface area contributed by atoms with E-state index >= 15 is 0 Å². The summed E-state index contributed by atoms with van der Waals surface area (Å²) in [6.07, 6.45) is 3.08. The first kappa shape index (κ1) is 19.2. The second-order valence-corrected chi connectivity index (χ2v) is 10.7. The number of benzene rings is 2. The maximum atomic E-state index is 13.0. The van der Waals surface area contributed by atoms with Gasteiger partial charge in [-0.3, -0.25) is 9.11 Å². The smallest absolute Gasteiger partial charge is 0.187 e. The van der Waals surface area contributed by atoms with Crippen LogP contribution in [0.15, 0.2) is 58.3 Å². The lowest BCUT2D eigenvalue weighted by Gasteiger charge is -2.27. The summed E-state index contributed by atoms with van der Waals surface area (Å²) in [5.41, 5.74) is 0.453. The molecular formula is C19H24O5S2. The third kappa shape index (κ3) is 3.76. The normalized spacial score (nSPS) is 19.7. The first-order chi connectivity index (χ1) is 12.4. The van der Waals surface area contributed by atoms with E-state index in [0.29, 0.717) is 17.9 Å². The van der Waals surface area contributed by atoms with Gasteiger partial charge in [-0.15, -0.1) is 0 Å². The summed E-state index contributed by atoms with van der Waals surface area (Å²) in [5, 5.41) is -0.959. The minimum atomic E-state index is -3.70. The van der Waals surface area contributed by atoms with Crippen LogP contribution in [0.25, 0.3) is 0 Å². The van der Waals surface area contributed by atoms with Crippen LogP contribution in [0.4, 0.5) is 0 Å². The fourth-order valence-corrected chi connectivity index (χ4v) is 7.56. The Hall–Kier alpha value is -1.54. The SMILES string of the molecule is CCCCCOc1ccc2c(c1)S(O)(O)CC2S(=O)(=O)c1ccccc1. The number of hydrogen-bond acceptors (Lipinski definition) is 5. The van der Waals surface area contributed by atoms with E-state index in [4.69, 9.17) is 4.74 Å². The molecule has 0 bridgehead atoms. The molecule has 1 aliphatic heterocycles. The molecule has 142 valence electrons. The largest absolute Gasteiger partial charge is 0.494 e. The van der Waals surface area contributed by atoms with Crippen LogP contribution >= 0.6 is 10.6 Å². The molecule has 2 aromatic rings. The molecule has 1 heterocycles. The molecule has 1 aliphatic rings. The lowest BCUT2D eigenvalue weighted by molar-refractivity contribution is 0.305. The van der Waals surface area contributed by atoms with Crippen LogP contribution < -0.4 is 4.74 Å². The number of hydrogen-bond donors (Lipinski definition) is 2. The zero-order valence-corrected chi connectivity index (χ0v) is 16.3. The summed E-state index contributed by atoms with van der Waals surface area (Å²) in [6, 6.07) is 13.1. The van der Waals surface area contributed by atoms with E-state index in [1.54, 1.807) is 36.4 Å². The third-order valence-electron chi connectivity index (χ3n) is 4.53. The number of fused-ring (bicyclic) bond motifs is 1. The fraction of sp³-hybridized carbons (Fsp3) is 0.368. The summed E-state index contributed by atoms with van der Waals surface area (Å²) >= 11 is 0. The quantitative estimate of drug-likeness (QED) is 0.651. The van der Waals surface area contributed by atoms with Crippen LogP contribution in [0.2, 0.25) is 0 Å². The Morgan fingerprint density at radius 1 is 1.12 bits per heavy atom. The molecule has 0 amide bonds. The lowest BCUT2D eigenvalue weighted by atomic mass is 10.1. The predicted octanol–water partition coefficient (Wildman–Crippen LogP) is 4.89. The standard InChI is InChI=1S/C19H24O5S2/c1-2-3-7-12-24-15-10-11-17-18(13-15)25(20,21)14-19(17)26(22,23)16-8-5-4-6-9-16/h4-6,8-11,13,19-21H,2-3,7,12,14H2,1H3. The van der Waals surface area contributed by atoms with Crippen molar-refractivity contribution >= 4 is 20.4 Å². The van der Waals surface area contributed by atoms with Gasteiger partial charge in [0.1, 0.15) is 11.0 Å². The second-order valence-electron chi connectivity index (χ2n) is 6.44. The highest BCUT2D eigenvalue weighted by atomic mass is 32.3. The van der Waals surface area contributed by atoms with Crippen molar-refractivity contribution in [2.45, 2.75) is 41.2 Å². The highest BCUT2D eigenvalue weighted by Gasteiger charge is 2.43. The Labute approximate surface area is 156 Å². The maximum absolute atomic E-state index is 13.0. The molecule has 0 aliphatic carbocycles. The second kappa shape index (κ2) is 7.60. The first-order valence-corrected chi connectivity index (χ1v) is 11.9. The van der Waals surface area contributed by atoms with E-state index in [1.165, 1.54) is 12.1 Å². The molecule has 26 heavy (non-hydrogen) atoms. The summed E-state index contributed by atoms with van der Waals surface area (Å²) in [4.78, 5) is 0.475. The zero-order valence-electron chi connectivity index (χ0n) is 14.7. The van der Waals surface area contributed by atoms with Crippen molar-refractivity contribution in [1.29, 1.82) is 0 Å². The van der Waals surface area contributed by atoms with Crippen molar-refractivity contribution in [3.8, 4) is 5.75 Å². The predicted molar refractivity (Wildman–Crippen MR) is 104 cm³/mol. The van der Waals surface area contributed by atoms with E-state index < -0.39 is 25.7 Å². The number of sulfone groups is 1. The number of ether oxygens (including phenoxy) is 1. The van der Waals surface area contributed by atoms with Gasteiger partial charge in [-0.05, 0) is 30.2 Å². The molecular weight excluding hydrogens is 372 g/mol. The van der Waals surface area contributed by atoms with Crippen LogP contribution in [-0.2, 0) is 9.84 Å². The van der Waals surface area contributed by atoms with Crippen molar-refractivity contribution in [2.75, 3.05) is 12.4 Å². The summed E-state index contributed by atoms with van der Waals surface area (Å²) in [7, 11) is -6.86. The molecule has 2 N–H and O–H groups in total. The van der Waals surface area contributed by atoms with E-state index in [2.05, 4.69) is 6.92 Å². The highest BCUT2D eigenvalue weighted by molar-refractivity contribution is 8.25. The van der Waals surface area contributed by atoms with Crippen molar-refractivity contribution < 1.29 is 22.3 Å². The van der Waals surface area contributed by atoms with Crippen LogP contribution in [0.1, 0.15) is 37.0 Å². The Bertz CT molecular complexity index is 863. The van der Waals surface area contributed by atoms with Gasteiger partial charge in [0.2, 0.25) is 0 Å². The maximum Gasteiger partial charge on any atom is 0.187 e. The van der Waals surface area contributed by atoms with Gasteiger partial charge in [0.15, 0.2) is 9.84 Å². The van der Waals surface area contributed by atoms with Crippen molar-refractivity contribution in [3.05, 3.63) is 54.1 Å². The van der Waals surface area contributed by atoms with Gasteiger partial charge in [0.05, 0.1) is 22.2 Å². The van der Waals surface area contributed by atoms with E-state index in [1.807, 2.05) is 0 Å². The zero-order chi connectivity index (χ0) is 18.8. The van der Waals surface area contributed by atoms with Gasteiger partial charge < -0.3 is 4.74 Å². The van der Waals surface area contributed by atoms with Crippen LogP contribution in [0, 0.1) is 0 Å². The molecule has 0 fully saturated rings. The Balaban J connectivity index is 1.90. The lowest BCUT2D eigenvalue weighted by Crippen LogP contribution is -2.15. The molecule has 3 rings (SSSR count). The topological polar surface area (TPSA) is 83.8 Å². The van der Waals surface area contributed by atoms with Gasteiger partial charge in [-0.25, -0.2) is 8.42 Å². The van der Waals surface area contributed by atoms with Crippen molar-refractivity contribution in [2.24, 2.45) is 0 Å². The molecule has 0 radical (unpaired) electrons. The minimum Gasteiger partial charge on any atom is -0.494 e. The van der Waals surface area contributed by atoms with Gasteiger partial charge in [0.25, 0.3) is 0 Å². The fourth-order valence-electron chi connectivity index (χ4n) is 3.12.